The summed E-state index contributed by atoms with van der Waals surface area (Å²) in [5.41, 5.74) is 10.6. The number of pyridine rings is 2. The standard InChI is InChI=1S/C8H8N4.C5H4IN.C3H5N3/c9-7-4-6-12(11-7)8-3-1-2-5-10-8;6-5-3-1-2-4-7-5;4-3-1-2-5-6-3/h1-6H,(H2,9,11);1-4H;1-2H,(H3,4,5,6). The number of rotatable bonds is 1. The smallest absolute Gasteiger partial charge is 0.153 e. The van der Waals surface area contributed by atoms with Crippen LogP contribution in [0.1, 0.15) is 0 Å². The summed E-state index contributed by atoms with van der Waals surface area (Å²) in [5, 5.41) is 10.1. The minimum Gasteiger partial charge on any atom is -0.384 e. The Kier molecular flexibility index (Phi) is 7.38. The highest BCUT2D eigenvalue weighted by Crippen LogP contribution is 2.03. The van der Waals surface area contributed by atoms with E-state index in [0.717, 1.165) is 9.52 Å². The maximum atomic E-state index is 5.46. The molecule has 0 aliphatic rings. The van der Waals surface area contributed by atoms with Crippen LogP contribution >= 0.6 is 22.6 Å². The minimum absolute atomic E-state index is 0.501. The molecule has 0 saturated carbocycles. The van der Waals surface area contributed by atoms with Gasteiger partial charge < -0.3 is 11.5 Å². The molecule has 25 heavy (non-hydrogen) atoms. The van der Waals surface area contributed by atoms with Crippen LogP contribution in [0.2, 0.25) is 0 Å². The fourth-order valence-corrected chi connectivity index (χ4v) is 1.93. The van der Waals surface area contributed by atoms with Gasteiger partial charge in [0.05, 0.1) is 6.20 Å². The summed E-state index contributed by atoms with van der Waals surface area (Å²) >= 11 is 2.17. The zero-order valence-corrected chi connectivity index (χ0v) is 15.4. The van der Waals surface area contributed by atoms with Gasteiger partial charge in [-0.2, -0.15) is 5.10 Å². The zero-order chi connectivity index (χ0) is 17.9. The summed E-state index contributed by atoms with van der Waals surface area (Å²) in [6, 6.07) is 14.9. The SMILES string of the molecule is Ic1ccccn1.Nc1ccn(-c2ccccn2)n1.Nc1ccn[nH]1. The van der Waals surface area contributed by atoms with E-state index in [9.17, 15) is 0 Å². The van der Waals surface area contributed by atoms with E-state index in [4.69, 9.17) is 11.5 Å². The highest BCUT2D eigenvalue weighted by molar-refractivity contribution is 14.1. The molecule has 4 rings (SSSR count). The molecule has 0 spiro atoms. The lowest BCUT2D eigenvalue weighted by Gasteiger charge is -1.96. The molecule has 0 amide bonds. The number of nitrogens with two attached hydrogens (primary N) is 2. The van der Waals surface area contributed by atoms with Crippen molar-refractivity contribution in [3.63, 3.8) is 0 Å². The van der Waals surface area contributed by atoms with E-state index >= 15 is 0 Å². The van der Waals surface area contributed by atoms with Crippen molar-refractivity contribution in [3.05, 3.63) is 77.0 Å². The molecule has 4 aromatic heterocycles. The van der Waals surface area contributed by atoms with Crippen LogP contribution in [0.5, 0.6) is 0 Å². The largest absolute Gasteiger partial charge is 0.384 e. The number of hydrogen-bond donors (Lipinski definition) is 3. The van der Waals surface area contributed by atoms with E-state index in [-0.39, 0.29) is 0 Å². The van der Waals surface area contributed by atoms with Crippen LogP contribution < -0.4 is 11.5 Å². The molecule has 128 valence electrons. The molecule has 0 aliphatic heterocycles. The highest BCUT2D eigenvalue weighted by atomic mass is 127. The molecule has 4 aromatic rings. The Balaban J connectivity index is 0.000000148. The van der Waals surface area contributed by atoms with Gasteiger partial charge in [0.1, 0.15) is 15.3 Å². The summed E-state index contributed by atoms with van der Waals surface area (Å²) in [4.78, 5) is 8.07. The van der Waals surface area contributed by atoms with Crippen molar-refractivity contribution < 1.29 is 0 Å². The molecule has 5 N–H and O–H groups in total. The van der Waals surface area contributed by atoms with Gasteiger partial charge in [-0.3, -0.25) is 10.1 Å². The number of anilines is 2. The van der Waals surface area contributed by atoms with Gasteiger partial charge in [0.15, 0.2) is 5.82 Å². The predicted molar refractivity (Wildman–Crippen MR) is 106 cm³/mol. The highest BCUT2D eigenvalue weighted by Gasteiger charge is 1.96. The molecule has 9 heteroatoms. The number of halogens is 1. The first-order chi connectivity index (χ1) is 12.1. The van der Waals surface area contributed by atoms with Gasteiger partial charge in [-0.1, -0.05) is 12.1 Å². The van der Waals surface area contributed by atoms with E-state index < -0.39 is 0 Å². The summed E-state index contributed by atoms with van der Waals surface area (Å²) in [7, 11) is 0. The summed E-state index contributed by atoms with van der Waals surface area (Å²) < 4.78 is 2.68. The fraction of sp³-hybridized carbons (Fsp3) is 0. The Labute approximate surface area is 158 Å². The van der Waals surface area contributed by atoms with E-state index in [1.807, 2.05) is 36.4 Å². The van der Waals surface area contributed by atoms with Crippen LogP contribution in [0.15, 0.2) is 73.3 Å². The van der Waals surface area contributed by atoms with Gasteiger partial charge in [-0.25, -0.2) is 9.67 Å². The van der Waals surface area contributed by atoms with E-state index in [2.05, 4.69) is 47.9 Å². The van der Waals surface area contributed by atoms with Crippen LogP contribution in [0.4, 0.5) is 11.6 Å². The van der Waals surface area contributed by atoms with Crippen LogP contribution in [0.3, 0.4) is 0 Å². The molecule has 0 saturated heterocycles. The van der Waals surface area contributed by atoms with Gasteiger partial charge in [-0.15, -0.1) is 5.10 Å². The summed E-state index contributed by atoms with van der Waals surface area (Å²) in [5.74, 6) is 1.88. The van der Waals surface area contributed by atoms with Crippen molar-refractivity contribution in [2.75, 3.05) is 11.5 Å². The zero-order valence-electron chi connectivity index (χ0n) is 13.2. The second kappa shape index (κ2) is 10.0. The van der Waals surface area contributed by atoms with Crippen molar-refractivity contribution in [3.8, 4) is 5.82 Å². The van der Waals surface area contributed by atoms with Crippen molar-refractivity contribution in [1.29, 1.82) is 0 Å². The minimum atomic E-state index is 0.501. The molecule has 0 atom stereocenters. The van der Waals surface area contributed by atoms with Crippen LogP contribution in [0, 0.1) is 3.70 Å². The maximum Gasteiger partial charge on any atom is 0.153 e. The normalized spacial score (nSPS) is 9.32. The first kappa shape index (κ1) is 18.4. The number of nitrogens with zero attached hydrogens (tertiary/aromatic N) is 5. The predicted octanol–water partition coefficient (Wildman–Crippen LogP) is 2.53. The van der Waals surface area contributed by atoms with Gasteiger partial charge in [0, 0.05) is 24.7 Å². The molecule has 0 unspecified atom stereocenters. The Bertz CT molecular complexity index is 831. The van der Waals surface area contributed by atoms with Crippen LogP contribution in [-0.4, -0.2) is 29.9 Å². The third-order valence-corrected chi connectivity index (χ3v) is 3.28. The maximum absolute atomic E-state index is 5.46. The monoisotopic (exact) mass is 448 g/mol. The van der Waals surface area contributed by atoms with Crippen molar-refractivity contribution in [2.45, 2.75) is 0 Å². The molecular formula is C16H17IN8. The van der Waals surface area contributed by atoms with E-state index in [1.165, 1.54) is 0 Å². The van der Waals surface area contributed by atoms with Crippen molar-refractivity contribution >= 4 is 34.2 Å². The topological polar surface area (TPSA) is 124 Å². The Hall–Kier alpha value is -2.95. The molecule has 0 aliphatic carbocycles. The van der Waals surface area contributed by atoms with E-state index in [1.54, 1.807) is 41.6 Å². The summed E-state index contributed by atoms with van der Waals surface area (Å²) in [6.45, 7) is 0. The van der Waals surface area contributed by atoms with Crippen molar-refractivity contribution in [2.24, 2.45) is 0 Å². The molecule has 0 radical (unpaired) electrons. The number of aromatic amines is 1. The number of nitrogens with one attached hydrogen (secondary N) is 1. The lowest BCUT2D eigenvalue weighted by atomic mass is 10.5. The average Bonchev–Trinajstić information content (AvgIpc) is 3.29. The number of hydrogen-bond acceptors (Lipinski definition) is 6. The quantitative estimate of drug-likeness (QED) is 0.304. The first-order valence-corrected chi connectivity index (χ1v) is 8.27. The van der Waals surface area contributed by atoms with Crippen molar-refractivity contribution in [1.82, 2.24) is 29.9 Å². The third-order valence-electron chi connectivity index (χ3n) is 2.64. The number of H-pyrrole nitrogens is 1. The lowest BCUT2D eigenvalue weighted by Crippen LogP contribution is -1.97. The fourth-order valence-electron chi connectivity index (χ4n) is 1.56. The van der Waals surface area contributed by atoms with Crippen LogP contribution in [0.25, 0.3) is 5.82 Å². The molecule has 0 fully saturated rings. The second-order valence-corrected chi connectivity index (χ2v) is 5.64. The first-order valence-electron chi connectivity index (χ1n) is 7.19. The van der Waals surface area contributed by atoms with E-state index in [0.29, 0.717) is 11.6 Å². The molecule has 4 heterocycles. The number of nitrogen functional groups attached to an aromatic ring is 2. The number of aromatic nitrogens is 6. The lowest BCUT2D eigenvalue weighted by molar-refractivity contribution is 0.852. The third kappa shape index (κ3) is 6.99. The second-order valence-electron chi connectivity index (χ2n) is 4.54. The van der Waals surface area contributed by atoms with Crippen LogP contribution in [-0.2, 0) is 0 Å². The Morgan fingerprint density at radius 1 is 0.880 bits per heavy atom. The molecular weight excluding hydrogens is 431 g/mol. The molecule has 0 bridgehead atoms. The summed E-state index contributed by atoms with van der Waals surface area (Å²) in [6.07, 6.45) is 6.88. The molecule has 8 nitrogen and oxygen atoms in total. The van der Waals surface area contributed by atoms with Gasteiger partial charge in [0.2, 0.25) is 0 Å². The Morgan fingerprint density at radius 2 is 1.64 bits per heavy atom. The van der Waals surface area contributed by atoms with Gasteiger partial charge in [0.25, 0.3) is 0 Å². The average molecular weight is 448 g/mol. The van der Waals surface area contributed by atoms with Gasteiger partial charge >= 0.3 is 0 Å². The molecule has 0 aromatic carbocycles. The van der Waals surface area contributed by atoms with Gasteiger partial charge in [-0.05, 0) is 52.9 Å². The Morgan fingerprint density at radius 3 is 2.00 bits per heavy atom.